The lowest BCUT2D eigenvalue weighted by Crippen LogP contribution is -2.29. The number of hydrogen-bond donors (Lipinski definition) is 1. The molecule has 0 aliphatic heterocycles. The molecule has 0 fully saturated rings. The van der Waals surface area contributed by atoms with E-state index in [9.17, 15) is 4.79 Å². The van der Waals surface area contributed by atoms with Crippen LogP contribution >= 0.6 is 22.7 Å². The van der Waals surface area contributed by atoms with Crippen molar-refractivity contribution < 1.29 is 4.79 Å². The van der Waals surface area contributed by atoms with Crippen molar-refractivity contribution >= 4 is 43.9 Å². The Bertz CT molecular complexity index is 823. The summed E-state index contributed by atoms with van der Waals surface area (Å²) < 4.78 is 1.17. The first kappa shape index (κ1) is 14.5. The minimum absolute atomic E-state index is 0.00430. The molecule has 1 amide bonds. The zero-order chi connectivity index (χ0) is 15.6. The highest BCUT2D eigenvalue weighted by atomic mass is 32.1. The number of nitrogens with one attached hydrogen (secondary N) is 1. The third-order valence-corrected chi connectivity index (χ3v) is 5.76. The van der Waals surface area contributed by atoms with Crippen molar-refractivity contribution in [2.24, 2.45) is 5.92 Å². The molecule has 2 aromatic heterocycles. The molecule has 2 atom stereocenters. The number of benzene rings is 1. The van der Waals surface area contributed by atoms with Gasteiger partial charge in [-0.05, 0) is 25.0 Å². The molecule has 0 spiro atoms. The normalized spacial score (nSPS) is 20.7. The lowest BCUT2D eigenvalue weighted by Gasteiger charge is -2.25. The molecule has 7 heteroatoms. The first-order valence-corrected chi connectivity index (χ1v) is 9.08. The maximum atomic E-state index is 12.6. The van der Waals surface area contributed by atoms with E-state index in [1.54, 1.807) is 16.8 Å². The van der Waals surface area contributed by atoms with Gasteiger partial charge in [0, 0.05) is 5.92 Å². The van der Waals surface area contributed by atoms with E-state index in [0.29, 0.717) is 5.13 Å². The van der Waals surface area contributed by atoms with E-state index in [-0.39, 0.29) is 17.7 Å². The summed E-state index contributed by atoms with van der Waals surface area (Å²) in [7, 11) is 0. The van der Waals surface area contributed by atoms with Gasteiger partial charge in [0.25, 0.3) is 0 Å². The van der Waals surface area contributed by atoms with Crippen molar-refractivity contribution in [2.45, 2.75) is 18.8 Å². The SMILES string of the molecule is O=C(Nc1nncs1)[C@H]1CC=CC[C@@H]1c1nc2ccccc2s1. The summed E-state index contributed by atoms with van der Waals surface area (Å²) in [5, 5.41) is 12.1. The van der Waals surface area contributed by atoms with Crippen LogP contribution in [0.5, 0.6) is 0 Å². The van der Waals surface area contributed by atoms with E-state index in [1.165, 1.54) is 16.0 Å². The standard InChI is InChI=1S/C16H14N4OS2/c21-14(19-16-20-17-9-22-16)10-5-1-2-6-11(10)15-18-12-7-3-4-8-13(12)23-15/h1-4,7-11H,5-6H2,(H,19,20,21)/t10-,11-/m0/s1. The molecule has 1 N–H and O–H groups in total. The van der Waals surface area contributed by atoms with E-state index in [4.69, 9.17) is 4.98 Å². The van der Waals surface area contributed by atoms with Gasteiger partial charge in [0.05, 0.1) is 21.1 Å². The van der Waals surface area contributed by atoms with Crippen molar-refractivity contribution in [3.05, 3.63) is 46.9 Å². The highest BCUT2D eigenvalue weighted by molar-refractivity contribution is 7.18. The summed E-state index contributed by atoms with van der Waals surface area (Å²) in [6, 6.07) is 8.10. The molecule has 1 aromatic carbocycles. The van der Waals surface area contributed by atoms with Crippen LogP contribution in [0, 0.1) is 5.92 Å². The predicted octanol–water partition coefficient (Wildman–Crippen LogP) is 3.84. The smallest absolute Gasteiger partial charge is 0.230 e. The second-order valence-electron chi connectivity index (χ2n) is 5.41. The number of anilines is 1. The number of carbonyl (C=O) groups excluding carboxylic acids is 1. The number of rotatable bonds is 3. The predicted molar refractivity (Wildman–Crippen MR) is 92.8 cm³/mol. The molecule has 1 aliphatic carbocycles. The molecular weight excluding hydrogens is 328 g/mol. The topological polar surface area (TPSA) is 67.8 Å². The lowest BCUT2D eigenvalue weighted by molar-refractivity contribution is -0.120. The molecule has 116 valence electrons. The summed E-state index contributed by atoms with van der Waals surface area (Å²) >= 11 is 3.01. The molecule has 4 rings (SSSR count). The van der Waals surface area contributed by atoms with E-state index in [0.717, 1.165) is 23.4 Å². The second kappa shape index (κ2) is 6.17. The zero-order valence-electron chi connectivity index (χ0n) is 12.2. The quantitative estimate of drug-likeness (QED) is 0.734. The van der Waals surface area contributed by atoms with Crippen molar-refractivity contribution in [2.75, 3.05) is 5.32 Å². The number of para-hydroxylation sites is 1. The van der Waals surface area contributed by atoms with Crippen LogP contribution < -0.4 is 5.32 Å². The third kappa shape index (κ3) is 2.89. The van der Waals surface area contributed by atoms with Gasteiger partial charge in [-0.15, -0.1) is 21.5 Å². The van der Waals surface area contributed by atoms with Gasteiger partial charge in [0.1, 0.15) is 5.51 Å². The van der Waals surface area contributed by atoms with Gasteiger partial charge in [-0.25, -0.2) is 4.98 Å². The number of aromatic nitrogens is 3. The molecular formula is C16H14N4OS2. The van der Waals surface area contributed by atoms with Crippen LogP contribution in [0.15, 0.2) is 41.9 Å². The first-order valence-electron chi connectivity index (χ1n) is 7.39. The minimum Gasteiger partial charge on any atom is -0.300 e. The van der Waals surface area contributed by atoms with Crippen molar-refractivity contribution in [1.82, 2.24) is 15.2 Å². The van der Waals surface area contributed by atoms with Crippen LogP contribution in [0.4, 0.5) is 5.13 Å². The lowest BCUT2D eigenvalue weighted by atomic mass is 9.83. The largest absolute Gasteiger partial charge is 0.300 e. The molecule has 0 saturated carbocycles. The summed E-state index contributed by atoms with van der Waals surface area (Å²) in [5.74, 6) is -0.00913. The van der Waals surface area contributed by atoms with Crippen LogP contribution in [0.25, 0.3) is 10.2 Å². The Morgan fingerprint density at radius 3 is 2.91 bits per heavy atom. The maximum absolute atomic E-state index is 12.6. The molecule has 23 heavy (non-hydrogen) atoms. The number of thiazole rings is 1. The monoisotopic (exact) mass is 342 g/mol. The molecule has 3 aromatic rings. The summed E-state index contributed by atoms with van der Waals surface area (Å²) in [6.45, 7) is 0. The van der Waals surface area contributed by atoms with Crippen molar-refractivity contribution in [1.29, 1.82) is 0 Å². The fourth-order valence-corrected chi connectivity index (χ4v) is 4.45. The van der Waals surface area contributed by atoms with Crippen LogP contribution in [0.1, 0.15) is 23.8 Å². The third-order valence-electron chi connectivity index (χ3n) is 3.99. The second-order valence-corrected chi connectivity index (χ2v) is 7.30. The minimum atomic E-state index is -0.121. The van der Waals surface area contributed by atoms with Crippen molar-refractivity contribution in [3.8, 4) is 0 Å². The van der Waals surface area contributed by atoms with Crippen LogP contribution in [-0.2, 0) is 4.79 Å². The van der Waals surface area contributed by atoms with Crippen LogP contribution in [0.2, 0.25) is 0 Å². The highest BCUT2D eigenvalue weighted by Crippen LogP contribution is 2.39. The first-order chi connectivity index (χ1) is 11.3. The van der Waals surface area contributed by atoms with Gasteiger partial charge >= 0.3 is 0 Å². The Hall–Kier alpha value is -2.12. The maximum Gasteiger partial charge on any atom is 0.230 e. The Morgan fingerprint density at radius 1 is 1.22 bits per heavy atom. The average molecular weight is 342 g/mol. The van der Waals surface area contributed by atoms with Gasteiger partial charge < -0.3 is 5.32 Å². The van der Waals surface area contributed by atoms with E-state index >= 15 is 0 Å². The van der Waals surface area contributed by atoms with Gasteiger partial charge in [-0.1, -0.05) is 35.6 Å². The number of carbonyl (C=O) groups is 1. The fourth-order valence-electron chi connectivity index (χ4n) is 2.85. The van der Waals surface area contributed by atoms with Crippen LogP contribution in [0.3, 0.4) is 0 Å². The Kier molecular flexibility index (Phi) is 3.88. The van der Waals surface area contributed by atoms with Crippen LogP contribution in [-0.4, -0.2) is 21.1 Å². The Labute approximate surface area is 141 Å². The Morgan fingerprint density at radius 2 is 2.09 bits per heavy atom. The van der Waals surface area contributed by atoms with Gasteiger partial charge in [0.2, 0.25) is 11.0 Å². The fraction of sp³-hybridized carbons (Fsp3) is 0.250. The molecule has 2 heterocycles. The molecule has 0 unspecified atom stereocenters. The summed E-state index contributed by atoms with van der Waals surface area (Å²) in [5.41, 5.74) is 2.62. The van der Waals surface area contributed by atoms with E-state index < -0.39 is 0 Å². The number of nitrogens with zero attached hydrogens (tertiary/aromatic N) is 3. The zero-order valence-corrected chi connectivity index (χ0v) is 13.8. The van der Waals surface area contributed by atoms with E-state index in [1.807, 2.05) is 18.2 Å². The number of fused-ring (bicyclic) bond motifs is 1. The van der Waals surface area contributed by atoms with Gasteiger partial charge in [-0.2, -0.15) is 0 Å². The summed E-state index contributed by atoms with van der Waals surface area (Å²) in [6.07, 6.45) is 5.79. The molecule has 0 radical (unpaired) electrons. The molecule has 0 saturated heterocycles. The van der Waals surface area contributed by atoms with Crippen molar-refractivity contribution in [3.63, 3.8) is 0 Å². The number of amides is 1. The number of hydrogen-bond acceptors (Lipinski definition) is 6. The van der Waals surface area contributed by atoms with Gasteiger partial charge in [-0.3, -0.25) is 4.79 Å². The summed E-state index contributed by atoms with van der Waals surface area (Å²) in [4.78, 5) is 17.4. The molecule has 1 aliphatic rings. The molecule has 5 nitrogen and oxygen atoms in total. The Balaban J connectivity index is 1.62. The average Bonchev–Trinajstić information content (AvgIpc) is 3.23. The van der Waals surface area contributed by atoms with Gasteiger partial charge in [0.15, 0.2) is 0 Å². The van der Waals surface area contributed by atoms with E-state index in [2.05, 4.69) is 33.7 Å². The molecule has 0 bridgehead atoms. The number of allylic oxidation sites excluding steroid dienone is 2. The highest BCUT2D eigenvalue weighted by Gasteiger charge is 2.32.